The summed E-state index contributed by atoms with van der Waals surface area (Å²) in [4.78, 5) is 18.2. The van der Waals surface area contributed by atoms with E-state index in [-0.39, 0.29) is 17.4 Å². The van der Waals surface area contributed by atoms with E-state index in [1.54, 1.807) is 12.1 Å². The molecule has 0 atom stereocenters. The van der Waals surface area contributed by atoms with Crippen molar-refractivity contribution in [1.29, 1.82) is 0 Å². The van der Waals surface area contributed by atoms with E-state index in [4.69, 9.17) is 4.52 Å². The molecule has 9 nitrogen and oxygen atoms in total. The van der Waals surface area contributed by atoms with Gasteiger partial charge in [0.05, 0.1) is 4.92 Å². The monoisotopic (exact) mass is 258 g/mol. The molecule has 0 aliphatic carbocycles. The van der Waals surface area contributed by atoms with Gasteiger partial charge in [-0.3, -0.25) is 15.2 Å². The second kappa shape index (κ2) is 4.29. The number of H-pyrrole nitrogens is 1. The van der Waals surface area contributed by atoms with Crippen molar-refractivity contribution in [2.75, 3.05) is 0 Å². The molecule has 9 heteroatoms. The molecule has 2 heterocycles. The van der Waals surface area contributed by atoms with Gasteiger partial charge >= 0.3 is 0 Å². The molecule has 0 saturated heterocycles. The lowest BCUT2D eigenvalue weighted by Gasteiger charge is -1.93. The lowest BCUT2D eigenvalue weighted by Crippen LogP contribution is -1.88. The predicted molar refractivity (Wildman–Crippen MR) is 61.8 cm³/mol. The smallest absolute Gasteiger partial charge is 0.270 e. The van der Waals surface area contributed by atoms with Crippen molar-refractivity contribution in [2.24, 2.45) is 0 Å². The van der Waals surface area contributed by atoms with Gasteiger partial charge in [0, 0.05) is 17.7 Å². The normalized spacial score (nSPS) is 10.5. The van der Waals surface area contributed by atoms with Gasteiger partial charge in [-0.1, -0.05) is 11.2 Å². The van der Waals surface area contributed by atoms with Gasteiger partial charge in [0.2, 0.25) is 5.82 Å². The third-order valence-corrected chi connectivity index (χ3v) is 2.36. The maximum absolute atomic E-state index is 10.7. The quantitative estimate of drug-likeness (QED) is 0.556. The summed E-state index contributed by atoms with van der Waals surface area (Å²) in [6, 6.07) is 5.94. The number of nitro groups is 1. The molecule has 3 rings (SSSR count). The maximum Gasteiger partial charge on any atom is 0.270 e. The first kappa shape index (κ1) is 11.0. The molecule has 94 valence electrons. The zero-order chi connectivity index (χ0) is 13.2. The zero-order valence-electron chi connectivity index (χ0n) is 9.35. The van der Waals surface area contributed by atoms with Crippen LogP contribution in [0.25, 0.3) is 23.1 Å². The number of hydrogen-bond donors (Lipinski definition) is 1. The minimum absolute atomic E-state index is 0.0445. The van der Waals surface area contributed by atoms with Crippen LogP contribution in [0.2, 0.25) is 0 Å². The fourth-order valence-electron chi connectivity index (χ4n) is 1.50. The number of nitro benzene ring substituents is 1. The van der Waals surface area contributed by atoms with Gasteiger partial charge in [-0.15, -0.1) is 0 Å². The molecular formula is C10H6N6O3. The fourth-order valence-corrected chi connectivity index (χ4v) is 1.50. The van der Waals surface area contributed by atoms with Crippen molar-refractivity contribution >= 4 is 5.69 Å². The van der Waals surface area contributed by atoms with Crippen molar-refractivity contribution in [3.63, 3.8) is 0 Å². The van der Waals surface area contributed by atoms with Crippen LogP contribution in [0.4, 0.5) is 5.69 Å². The minimum atomic E-state index is -0.489. The van der Waals surface area contributed by atoms with Crippen LogP contribution in [0.15, 0.2) is 35.1 Å². The standard InChI is InChI=1S/C10H6N6O3/c17-16(18)7-3-1-2-6(4-7)10-13-9(15-19-10)8-11-5-12-14-8/h1-5H,(H,11,12,14). The Morgan fingerprint density at radius 1 is 1.37 bits per heavy atom. The van der Waals surface area contributed by atoms with Crippen LogP contribution in [0.3, 0.4) is 0 Å². The summed E-state index contributed by atoms with van der Waals surface area (Å²) in [5, 5.41) is 20.7. The van der Waals surface area contributed by atoms with Crippen LogP contribution in [0.1, 0.15) is 0 Å². The number of non-ortho nitro benzene ring substituents is 1. The van der Waals surface area contributed by atoms with E-state index in [1.165, 1.54) is 18.5 Å². The third-order valence-electron chi connectivity index (χ3n) is 2.36. The Labute approximate surface area is 105 Å². The first-order chi connectivity index (χ1) is 9.24. The van der Waals surface area contributed by atoms with E-state index in [1.807, 2.05) is 0 Å². The number of benzene rings is 1. The first-order valence-corrected chi connectivity index (χ1v) is 5.18. The van der Waals surface area contributed by atoms with Gasteiger partial charge in [-0.05, 0) is 6.07 Å². The van der Waals surface area contributed by atoms with Gasteiger partial charge < -0.3 is 4.52 Å². The Bertz CT molecular complexity index is 720. The highest BCUT2D eigenvalue weighted by Crippen LogP contribution is 2.23. The van der Waals surface area contributed by atoms with Gasteiger partial charge in [0.25, 0.3) is 11.6 Å². The molecule has 0 radical (unpaired) electrons. The maximum atomic E-state index is 10.7. The van der Waals surface area contributed by atoms with Crippen molar-refractivity contribution in [1.82, 2.24) is 25.3 Å². The highest BCUT2D eigenvalue weighted by molar-refractivity contribution is 5.59. The fraction of sp³-hybridized carbons (Fsp3) is 0. The second-order valence-electron chi connectivity index (χ2n) is 3.56. The molecule has 0 aliphatic heterocycles. The van der Waals surface area contributed by atoms with E-state index in [9.17, 15) is 10.1 Å². The highest BCUT2D eigenvalue weighted by atomic mass is 16.6. The molecule has 0 saturated carbocycles. The Balaban J connectivity index is 1.99. The van der Waals surface area contributed by atoms with Gasteiger partial charge in [-0.2, -0.15) is 10.1 Å². The molecule has 1 N–H and O–H groups in total. The number of nitrogens with one attached hydrogen (secondary N) is 1. The molecule has 0 amide bonds. The summed E-state index contributed by atoms with van der Waals surface area (Å²) < 4.78 is 5.04. The molecule has 0 fully saturated rings. The van der Waals surface area contributed by atoms with Crippen LogP contribution in [0.5, 0.6) is 0 Å². The molecule has 19 heavy (non-hydrogen) atoms. The van der Waals surface area contributed by atoms with Crippen LogP contribution in [0, 0.1) is 10.1 Å². The molecule has 0 unspecified atom stereocenters. The molecule has 1 aromatic carbocycles. The Hall–Kier alpha value is -3.10. The van der Waals surface area contributed by atoms with Crippen molar-refractivity contribution < 1.29 is 9.45 Å². The average molecular weight is 258 g/mol. The number of hydrogen-bond acceptors (Lipinski definition) is 7. The summed E-state index contributed by atoms with van der Waals surface area (Å²) in [6.07, 6.45) is 1.32. The topological polar surface area (TPSA) is 124 Å². The summed E-state index contributed by atoms with van der Waals surface area (Å²) in [5.41, 5.74) is 0.421. The van der Waals surface area contributed by atoms with Gasteiger partial charge in [0.1, 0.15) is 6.33 Å². The van der Waals surface area contributed by atoms with Crippen molar-refractivity contribution in [3.05, 3.63) is 40.7 Å². The summed E-state index contributed by atoms with van der Waals surface area (Å²) in [6.45, 7) is 0. The van der Waals surface area contributed by atoms with E-state index in [2.05, 4.69) is 25.3 Å². The largest absolute Gasteiger partial charge is 0.333 e. The van der Waals surface area contributed by atoms with E-state index < -0.39 is 4.92 Å². The Kier molecular flexibility index (Phi) is 2.49. The molecule has 0 bridgehead atoms. The molecule has 0 aliphatic rings. The lowest BCUT2D eigenvalue weighted by atomic mass is 10.2. The number of rotatable bonds is 3. The van der Waals surface area contributed by atoms with Gasteiger partial charge in [-0.25, -0.2) is 4.98 Å². The molecule has 3 aromatic rings. The minimum Gasteiger partial charge on any atom is -0.333 e. The zero-order valence-corrected chi connectivity index (χ0v) is 9.35. The highest BCUT2D eigenvalue weighted by Gasteiger charge is 2.14. The van der Waals surface area contributed by atoms with E-state index in [0.29, 0.717) is 11.4 Å². The van der Waals surface area contributed by atoms with Crippen LogP contribution in [-0.2, 0) is 0 Å². The number of nitrogens with zero attached hydrogens (tertiary/aromatic N) is 5. The van der Waals surface area contributed by atoms with Crippen LogP contribution in [-0.4, -0.2) is 30.2 Å². The SMILES string of the molecule is O=[N+]([O-])c1cccc(-c2nc(-c3ncn[nH]3)no2)c1. The molecular weight excluding hydrogens is 252 g/mol. The third kappa shape index (κ3) is 2.04. The summed E-state index contributed by atoms with van der Waals surface area (Å²) >= 11 is 0. The van der Waals surface area contributed by atoms with Crippen LogP contribution < -0.4 is 0 Å². The number of aromatic nitrogens is 5. The van der Waals surface area contributed by atoms with E-state index >= 15 is 0 Å². The Morgan fingerprint density at radius 3 is 3.00 bits per heavy atom. The molecule has 2 aromatic heterocycles. The summed E-state index contributed by atoms with van der Waals surface area (Å²) in [5.74, 6) is 0.773. The average Bonchev–Trinajstić information content (AvgIpc) is 3.09. The van der Waals surface area contributed by atoms with Crippen LogP contribution >= 0.6 is 0 Å². The second-order valence-corrected chi connectivity index (χ2v) is 3.56. The summed E-state index contributed by atoms with van der Waals surface area (Å²) in [7, 11) is 0. The van der Waals surface area contributed by atoms with Gasteiger partial charge in [0.15, 0.2) is 5.82 Å². The Morgan fingerprint density at radius 2 is 2.26 bits per heavy atom. The van der Waals surface area contributed by atoms with Crippen molar-refractivity contribution in [3.8, 4) is 23.1 Å². The molecule has 0 spiro atoms. The van der Waals surface area contributed by atoms with E-state index in [0.717, 1.165) is 0 Å². The predicted octanol–water partition coefficient (Wildman–Crippen LogP) is 1.43. The lowest BCUT2D eigenvalue weighted by molar-refractivity contribution is -0.384. The first-order valence-electron chi connectivity index (χ1n) is 5.18. The van der Waals surface area contributed by atoms with Crippen molar-refractivity contribution in [2.45, 2.75) is 0 Å². The number of aromatic amines is 1.